The Labute approximate surface area is 282 Å². The highest BCUT2D eigenvalue weighted by molar-refractivity contribution is 7.25. The van der Waals surface area contributed by atoms with E-state index in [0.29, 0.717) is 0 Å². The van der Waals surface area contributed by atoms with Crippen LogP contribution in [0.15, 0.2) is 176 Å². The molecule has 9 aromatic carbocycles. The van der Waals surface area contributed by atoms with Crippen LogP contribution in [0.25, 0.3) is 74.4 Å². The first-order chi connectivity index (χ1) is 23.8. The van der Waals surface area contributed by atoms with Crippen molar-refractivity contribution in [3.8, 4) is 11.1 Å². The molecule has 0 amide bonds. The van der Waals surface area contributed by atoms with Crippen molar-refractivity contribution in [3.05, 3.63) is 176 Å². The summed E-state index contributed by atoms with van der Waals surface area (Å²) >= 11 is 1.87. The molecule has 0 spiro atoms. The fraction of sp³-hybridized carbons (Fsp3) is 0. The predicted octanol–water partition coefficient (Wildman–Crippen LogP) is 13.8. The molecule has 1 heterocycles. The van der Waals surface area contributed by atoms with Gasteiger partial charge in [-0.3, -0.25) is 0 Å². The van der Waals surface area contributed by atoms with Gasteiger partial charge >= 0.3 is 0 Å². The fourth-order valence-electron chi connectivity index (χ4n) is 7.52. The molecule has 0 unspecified atom stereocenters. The quantitative estimate of drug-likeness (QED) is 0.176. The first kappa shape index (κ1) is 27.2. The second-order valence-corrected chi connectivity index (χ2v) is 13.6. The predicted molar refractivity (Wildman–Crippen MR) is 209 cm³/mol. The molecule has 0 bridgehead atoms. The van der Waals surface area contributed by atoms with Crippen LogP contribution in [0.1, 0.15) is 0 Å². The van der Waals surface area contributed by atoms with Crippen LogP contribution in [0.2, 0.25) is 0 Å². The van der Waals surface area contributed by atoms with Crippen molar-refractivity contribution in [2.75, 3.05) is 4.90 Å². The lowest BCUT2D eigenvalue weighted by molar-refractivity contribution is 1.31. The number of thiophene rings is 1. The van der Waals surface area contributed by atoms with E-state index in [9.17, 15) is 0 Å². The summed E-state index contributed by atoms with van der Waals surface area (Å²) in [6, 6.07) is 64.6. The molecule has 0 aliphatic carbocycles. The van der Waals surface area contributed by atoms with Crippen LogP contribution >= 0.6 is 11.3 Å². The summed E-state index contributed by atoms with van der Waals surface area (Å²) in [5.41, 5.74) is 5.84. The molecule has 1 nitrogen and oxygen atoms in total. The summed E-state index contributed by atoms with van der Waals surface area (Å²) in [6.07, 6.45) is 0. The van der Waals surface area contributed by atoms with E-state index in [0.717, 1.165) is 11.4 Å². The first-order valence-electron chi connectivity index (χ1n) is 16.4. The SMILES string of the molecule is c1ccc(-c2cccc(N(c3ccc4cc5c(cc4c3)sc3ccccc35)c3cc4ccc5ccccc5c4c4ccccc34)c2)cc1. The van der Waals surface area contributed by atoms with Crippen molar-refractivity contribution < 1.29 is 0 Å². The molecular weight excluding hydrogens is 599 g/mol. The van der Waals surface area contributed by atoms with Gasteiger partial charge in [0.1, 0.15) is 0 Å². The van der Waals surface area contributed by atoms with Gasteiger partial charge in [0.2, 0.25) is 0 Å². The maximum Gasteiger partial charge on any atom is 0.0546 e. The molecule has 1 aromatic heterocycles. The third-order valence-corrected chi connectivity index (χ3v) is 10.9. The lowest BCUT2D eigenvalue weighted by atomic mass is 9.94. The Hall–Kier alpha value is -5.96. The largest absolute Gasteiger partial charge is 0.310 e. The summed E-state index contributed by atoms with van der Waals surface area (Å²) in [4.78, 5) is 2.46. The molecule has 0 N–H and O–H groups in total. The van der Waals surface area contributed by atoms with Crippen LogP contribution in [0, 0.1) is 0 Å². The van der Waals surface area contributed by atoms with E-state index in [4.69, 9.17) is 0 Å². The van der Waals surface area contributed by atoms with Crippen LogP contribution in [0.4, 0.5) is 17.1 Å². The summed E-state index contributed by atoms with van der Waals surface area (Å²) < 4.78 is 2.65. The van der Waals surface area contributed by atoms with E-state index in [1.165, 1.54) is 80.1 Å². The van der Waals surface area contributed by atoms with E-state index >= 15 is 0 Å². The highest BCUT2D eigenvalue weighted by Crippen LogP contribution is 2.45. The average Bonchev–Trinajstić information content (AvgIpc) is 3.51. The Morgan fingerprint density at radius 2 is 1.02 bits per heavy atom. The lowest BCUT2D eigenvalue weighted by Crippen LogP contribution is -2.11. The third kappa shape index (κ3) is 4.31. The zero-order valence-electron chi connectivity index (χ0n) is 26.1. The van der Waals surface area contributed by atoms with Gasteiger partial charge < -0.3 is 4.90 Å². The van der Waals surface area contributed by atoms with Gasteiger partial charge in [-0.1, -0.05) is 127 Å². The Bertz CT molecular complexity index is 2850. The Balaban J connectivity index is 1.26. The Kier molecular flexibility index (Phi) is 6.12. The molecule has 10 aromatic rings. The number of fused-ring (bicyclic) bond motifs is 9. The second-order valence-electron chi connectivity index (χ2n) is 12.6. The molecule has 224 valence electrons. The van der Waals surface area contributed by atoms with Gasteiger partial charge in [0.25, 0.3) is 0 Å². The molecule has 48 heavy (non-hydrogen) atoms. The van der Waals surface area contributed by atoms with Crippen molar-refractivity contribution >= 4 is 91.7 Å². The van der Waals surface area contributed by atoms with E-state index < -0.39 is 0 Å². The number of hydrogen-bond donors (Lipinski definition) is 0. The smallest absolute Gasteiger partial charge is 0.0546 e. The molecule has 0 aliphatic heterocycles. The maximum absolute atomic E-state index is 2.46. The zero-order chi connectivity index (χ0) is 31.6. The van der Waals surface area contributed by atoms with Crippen molar-refractivity contribution in [2.24, 2.45) is 0 Å². The van der Waals surface area contributed by atoms with Gasteiger partial charge in [-0.2, -0.15) is 0 Å². The standard InChI is InChI=1S/C46H29NS/c1-2-11-30(12-3-1)32-14-10-15-36(25-32)47(37-24-23-33-27-42-40-18-8-9-20-44(40)48-45(42)29-35(33)26-37)43-28-34-22-21-31-13-4-5-16-38(31)46(34)41-19-7-6-17-39(41)43/h1-29H. The molecule has 0 radical (unpaired) electrons. The highest BCUT2D eigenvalue weighted by Gasteiger charge is 2.19. The normalized spacial score (nSPS) is 11.8. The van der Waals surface area contributed by atoms with Crippen LogP contribution in [0.3, 0.4) is 0 Å². The number of nitrogens with zero attached hydrogens (tertiary/aromatic N) is 1. The number of benzene rings is 9. The Morgan fingerprint density at radius 1 is 0.333 bits per heavy atom. The average molecular weight is 628 g/mol. The van der Waals surface area contributed by atoms with Crippen LogP contribution in [-0.2, 0) is 0 Å². The zero-order valence-corrected chi connectivity index (χ0v) is 26.9. The van der Waals surface area contributed by atoms with Crippen LogP contribution in [0.5, 0.6) is 0 Å². The lowest BCUT2D eigenvalue weighted by Gasteiger charge is -2.28. The van der Waals surface area contributed by atoms with E-state index in [2.05, 4.69) is 181 Å². The van der Waals surface area contributed by atoms with Crippen molar-refractivity contribution in [3.63, 3.8) is 0 Å². The van der Waals surface area contributed by atoms with E-state index in [-0.39, 0.29) is 0 Å². The number of rotatable bonds is 4. The van der Waals surface area contributed by atoms with Gasteiger partial charge in [0.05, 0.1) is 5.69 Å². The summed E-state index contributed by atoms with van der Waals surface area (Å²) in [5.74, 6) is 0. The van der Waals surface area contributed by atoms with Gasteiger partial charge in [-0.05, 0) is 97.4 Å². The molecule has 0 fully saturated rings. The molecule has 10 rings (SSSR count). The molecule has 0 aliphatic rings. The van der Waals surface area contributed by atoms with Crippen molar-refractivity contribution in [1.82, 2.24) is 0 Å². The van der Waals surface area contributed by atoms with Crippen molar-refractivity contribution in [2.45, 2.75) is 0 Å². The molecular formula is C46H29NS. The summed E-state index contributed by atoms with van der Waals surface area (Å²) in [7, 11) is 0. The number of anilines is 3. The summed E-state index contributed by atoms with van der Waals surface area (Å²) in [6.45, 7) is 0. The second kappa shape index (κ2) is 10.8. The number of hydrogen-bond acceptors (Lipinski definition) is 2. The van der Waals surface area contributed by atoms with Gasteiger partial charge in [0, 0.05) is 36.9 Å². The van der Waals surface area contributed by atoms with Gasteiger partial charge in [-0.25, -0.2) is 0 Å². The van der Waals surface area contributed by atoms with E-state index in [1.807, 2.05) is 11.3 Å². The van der Waals surface area contributed by atoms with Crippen molar-refractivity contribution in [1.29, 1.82) is 0 Å². The molecule has 0 saturated carbocycles. The van der Waals surface area contributed by atoms with Crippen LogP contribution in [-0.4, -0.2) is 0 Å². The topological polar surface area (TPSA) is 3.24 Å². The fourth-order valence-corrected chi connectivity index (χ4v) is 8.66. The summed E-state index contributed by atoms with van der Waals surface area (Å²) in [5, 5.41) is 12.7. The minimum absolute atomic E-state index is 1.13. The molecule has 2 heteroatoms. The molecule has 0 atom stereocenters. The van der Waals surface area contributed by atoms with Crippen LogP contribution < -0.4 is 4.90 Å². The first-order valence-corrected chi connectivity index (χ1v) is 17.2. The van der Waals surface area contributed by atoms with E-state index in [1.54, 1.807) is 0 Å². The molecule has 0 saturated heterocycles. The Morgan fingerprint density at radius 3 is 1.92 bits per heavy atom. The third-order valence-electron chi connectivity index (χ3n) is 9.76. The maximum atomic E-state index is 2.46. The highest BCUT2D eigenvalue weighted by atomic mass is 32.1. The monoisotopic (exact) mass is 627 g/mol. The van der Waals surface area contributed by atoms with Gasteiger partial charge in [0.15, 0.2) is 0 Å². The minimum Gasteiger partial charge on any atom is -0.310 e. The minimum atomic E-state index is 1.13. The van der Waals surface area contributed by atoms with Gasteiger partial charge in [-0.15, -0.1) is 11.3 Å².